The summed E-state index contributed by atoms with van der Waals surface area (Å²) < 4.78 is 36.9. The Morgan fingerprint density at radius 3 is 2.62 bits per heavy atom. The molecule has 1 rings (SSSR count). The first-order chi connectivity index (χ1) is 6.06. The van der Waals surface area contributed by atoms with Gasteiger partial charge in [0.15, 0.2) is 5.82 Å². The summed E-state index contributed by atoms with van der Waals surface area (Å²) in [7, 11) is 0. The van der Waals surface area contributed by atoms with Crippen molar-refractivity contribution in [3.8, 4) is 0 Å². The molecule has 0 aliphatic carbocycles. The van der Waals surface area contributed by atoms with Crippen LogP contribution in [-0.4, -0.2) is 4.98 Å². The summed E-state index contributed by atoms with van der Waals surface area (Å²) in [5.74, 6) is -1.08. The molecule has 0 radical (unpaired) electrons. The zero-order valence-electron chi connectivity index (χ0n) is 6.40. The highest BCUT2D eigenvalue weighted by atomic mass is 35.5. The van der Waals surface area contributed by atoms with E-state index >= 15 is 0 Å². The standard InChI is InChI=1S/C7H6ClF3N2/c8-6-3(2-12)1-4(9)5(13-6)7(10)11/h1,7H,2,12H2. The van der Waals surface area contributed by atoms with Gasteiger partial charge in [-0.3, -0.25) is 0 Å². The highest BCUT2D eigenvalue weighted by Crippen LogP contribution is 2.24. The molecule has 0 unspecified atom stereocenters. The maximum absolute atomic E-state index is 12.8. The van der Waals surface area contributed by atoms with Crippen LogP contribution in [0.1, 0.15) is 17.7 Å². The van der Waals surface area contributed by atoms with E-state index in [9.17, 15) is 13.2 Å². The lowest BCUT2D eigenvalue weighted by Gasteiger charge is -2.04. The zero-order valence-corrected chi connectivity index (χ0v) is 7.15. The predicted molar refractivity (Wildman–Crippen MR) is 42.1 cm³/mol. The van der Waals surface area contributed by atoms with Crippen molar-refractivity contribution in [2.75, 3.05) is 0 Å². The number of pyridine rings is 1. The number of aromatic nitrogens is 1. The Bertz CT molecular complexity index is 317. The van der Waals surface area contributed by atoms with Gasteiger partial charge in [0, 0.05) is 12.1 Å². The van der Waals surface area contributed by atoms with Crippen molar-refractivity contribution in [3.63, 3.8) is 0 Å². The van der Waals surface area contributed by atoms with Gasteiger partial charge in [0.05, 0.1) is 0 Å². The number of alkyl halides is 2. The molecule has 0 spiro atoms. The van der Waals surface area contributed by atoms with Gasteiger partial charge in [0.2, 0.25) is 0 Å². The van der Waals surface area contributed by atoms with E-state index in [0.29, 0.717) is 0 Å². The first kappa shape index (κ1) is 10.3. The molecule has 6 heteroatoms. The number of rotatable bonds is 2. The maximum Gasteiger partial charge on any atom is 0.283 e. The number of hydrogen-bond donors (Lipinski definition) is 1. The van der Waals surface area contributed by atoms with Crippen molar-refractivity contribution in [3.05, 3.63) is 28.3 Å². The summed E-state index contributed by atoms with van der Waals surface area (Å²) in [4.78, 5) is 3.20. The Morgan fingerprint density at radius 1 is 1.54 bits per heavy atom. The molecule has 0 fully saturated rings. The van der Waals surface area contributed by atoms with Crippen molar-refractivity contribution >= 4 is 11.6 Å². The SMILES string of the molecule is NCc1cc(F)c(C(F)F)nc1Cl. The summed E-state index contributed by atoms with van der Waals surface area (Å²) in [6, 6.07) is 0.872. The molecule has 0 saturated carbocycles. The molecule has 2 nitrogen and oxygen atoms in total. The minimum atomic E-state index is -2.97. The fraction of sp³-hybridized carbons (Fsp3) is 0.286. The van der Waals surface area contributed by atoms with Crippen LogP contribution in [0.4, 0.5) is 13.2 Å². The molecule has 0 aliphatic rings. The van der Waals surface area contributed by atoms with E-state index in [1.807, 2.05) is 0 Å². The molecule has 1 heterocycles. The van der Waals surface area contributed by atoms with Crippen molar-refractivity contribution in [2.45, 2.75) is 13.0 Å². The minimum absolute atomic E-state index is 0.0354. The highest BCUT2D eigenvalue weighted by molar-refractivity contribution is 6.30. The lowest BCUT2D eigenvalue weighted by molar-refractivity contribution is 0.140. The Labute approximate surface area is 77.5 Å². The van der Waals surface area contributed by atoms with E-state index in [1.165, 1.54) is 0 Å². The van der Waals surface area contributed by atoms with Crippen molar-refractivity contribution < 1.29 is 13.2 Å². The van der Waals surface area contributed by atoms with Crippen LogP contribution in [0.25, 0.3) is 0 Å². The Balaban J connectivity index is 3.20. The Kier molecular flexibility index (Phi) is 3.11. The van der Waals surface area contributed by atoms with Gasteiger partial charge in [0.25, 0.3) is 6.43 Å². The average Bonchev–Trinajstić information content (AvgIpc) is 2.07. The average molecular weight is 211 g/mol. The minimum Gasteiger partial charge on any atom is -0.326 e. The van der Waals surface area contributed by atoms with E-state index in [0.717, 1.165) is 6.07 Å². The maximum atomic E-state index is 12.8. The van der Waals surface area contributed by atoms with Gasteiger partial charge >= 0.3 is 0 Å². The zero-order chi connectivity index (χ0) is 10.0. The third-order valence-corrected chi connectivity index (χ3v) is 1.78. The van der Waals surface area contributed by atoms with Gasteiger partial charge in [-0.25, -0.2) is 18.2 Å². The van der Waals surface area contributed by atoms with Crippen LogP contribution in [0.5, 0.6) is 0 Å². The third kappa shape index (κ3) is 2.10. The number of hydrogen-bond acceptors (Lipinski definition) is 2. The smallest absolute Gasteiger partial charge is 0.283 e. The van der Waals surface area contributed by atoms with Gasteiger partial charge in [-0.2, -0.15) is 0 Å². The molecule has 1 aromatic rings. The Hall–Kier alpha value is -0.810. The van der Waals surface area contributed by atoms with Crippen molar-refractivity contribution in [1.82, 2.24) is 4.98 Å². The van der Waals surface area contributed by atoms with Crippen molar-refractivity contribution in [2.24, 2.45) is 5.73 Å². The topological polar surface area (TPSA) is 38.9 Å². The van der Waals surface area contributed by atoms with Gasteiger partial charge in [0.1, 0.15) is 10.8 Å². The molecule has 0 amide bonds. The number of nitrogens with zero attached hydrogens (tertiary/aromatic N) is 1. The van der Waals surface area contributed by atoms with Crippen molar-refractivity contribution in [1.29, 1.82) is 0 Å². The van der Waals surface area contributed by atoms with E-state index in [-0.39, 0.29) is 17.3 Å². The normalized spacial score (nSPS) is 10.9. The van der Waals surface area contributed by atoms with Crippen LogP contribution in [-0.2, 0) is 6.54 Å². The monoisotopic (exact) mass is 210 g/mol. The van der Waals surface area contributed by atoms with Crippen LogP contribution in [0.15, 0.2) is 6.07 Å². The molecule has 0 saturated heterocycles. The molecule has 0 aliphatic heterocycles. The summed E-state index contributed by atoms with van der Waals surface area (Å²) >= 11 is 5.45. The second-order valence-corrected chi connectivity index (χ2v) is 2.67. The van der Waals surface area contributed by atoms with E-state index in [4.69, 9.17) is 17.3 Å². The summed E-state index contributed by atoms with van der Waals surface area (Å²) in [5.41, 5.74) is 4.44. The quantitative estimate of drug-likeness (QED) is 0.761. The van der Waals surface area contributed by atoms with E-state index in [2.05, 4.69) is 4.98 Å². The molecular formula is C7H6ClF3N2. The second-order valence-electron chi connectivity index (χ2n) is 2.31. The lowest BCUT2D eigenvalue weighted by Crippen LogP contribution is -2.03. The summed E-state index contributed by atoms with van der Waals surface area (Å²) in [5, 5.41) is -0.181. The first-order valence-corrected chi connectivity index (χ1v) is 3.77. The molecule has 0 atom stereocenters. The molecule has 2 N–H and O–H groups in total. The van der Waals surface area contributed by atoms with Crippen LogP contribution < -0.4 is 5.73 Å². The van der Waals surface area contributed by atoms with E-state index < -0.39 is 17.9 Å². The number of nitrogens with two attached hydrogens (primary N) is 1. The first-order valence-electron chi connectivity index (χ1n) is 3.39. The predicted octanol–water partition coefficient (Wildman–Crippen LogP) is 2.27. The fourth-order valence-corrected chi connectivity index (χ4v) is 1.04. The lowest BCUT2D eigenvalue weighted by atomic mass is 10.2. The summed E-state index contributed by atoms with van der Waals surface area (Å²) in [6.45, 7) is -0.0354. The largest absolute Gasteiger partial charge is 0.326 e. The fourth-order valence-electron chi connectivity index (χ4n) is 0.814. The number of halogens is 4. The van der Waals surface area contributed by atoms with E-state index in [1.54, 1.807) is 0 Å². The van der Waals surface area contributed by atoms with Crippen LogP contribution >= 0.6 is 11.6 Å². The van der Waals surface area contributed by atoms with Gasteiger partial charge < -0.3 is 5.73 Å². The van der Waals surface area contributed by atoms with Gasteiger partial charge in [-0.15, -0.1) is 0 Å². The van der Waals surface area contributed by atoms with Crippen LogP contribution in [0.2, 0.25) is 5.15 Å². The van der Waals surface area contributed by atoms with Crippen LogP contribution in [0.3, 0.4) is 0 Å². The van der Waals surface area contributed by atoms with Crippen LogP contribution in [0, 0.1) is 5.82 Å². The summed E-state index contributed by atoms with van der Waals surface area (Å²) in [6.07, 6.45) is -2.97. The van der Waals surface area contributed by atoms with Gasteiger partial charge in [-0.05, 0) is 6.07 Å². The molecule has 1 aromatic heterocycles. The molecular weight excluding hydrogens is 205 g/mol. The third-order valence-electron chi connectivity index (χ3n) is 1.46. The Morgan fingerprint density at radius 2 is 2.15 bits per heavy atom. The van der Waals surface area contributed by atoms with Gasteiger partial charge in [-0.1, -0.05) is 11.6 Å². The molecule has 0 aromatic carbocycles. The molecule has 0 bridgehead atoms. The second kappa shape index (κ2) is 3.93. The molecule has 72 valence electrons. The highest BCUT2D eigenvalue weighted by Gasteiger charge is 2.17. The molecule has 13 heavy (non-hydrogen) atoms.